The minimum absolute atomic E-state index is 0.00360. The second kappa shape index (κ2) is 15.2. The fraction of sp³-hybridized carbons (Fsp3) is 0.622. The second-order valence-electron chi connectivity index (χ2n) is 17.4. The van der Waals surface area contributed by atoms with Crippen molar-refractivity contribution >= 4 is 40.0 Å². The Labute approximate surface area is 298 Å². The van der Waals surface area contributed by atoms with E-state index < -0.39 is 27.6 Å². The van der Waals surface area contributed by atoms with Gasteiger partial charge in [0.15, 0.2) is 11.9 Å². The number of carbonyl (C=O) groups excluding carboxylic acids is 2. The van der Waals surface area contributed by atoms with Crippen LogP contribution in [-0.4, -0.2) is 92.4 Å². The Kier molecular flexibility index (Phi) is 11.6. The topological polar surface area (TPSA) is 98.5 Å². The average molecular weight is 726 g/mol. The minimum Gasteiger partial charge on any atom is -0.444 e. The van der Waals surface area contributed by atoms with Gasteiger partial charge in [0.05, 0.1) is 11.8 Å². The standard InChI is InChI=1S/C37H56FN5O5Si2/c1-37(2,3)48-36(45)42-29-12-13-30(42)19-28(18-29)33-21-34(41(24-46-14-16-49(4,5)6)25-47-15-17-50(7,8)9)43-35(40-33)31(22-39-43)26-10-11-27(23-44)32(38)20-26/h10-11,20-23,28-30H,12-19,24-25H2,1-9H3. The van der Waals surface area contributed by atoms with Crippen molar-refractivity contribution < 1.29 is 28.2 Å². The normalized spacial score (nSPS) is 19.6. The van der Waals surface area contributed by atoms with Crippen molar-refractivity contribution in [2.75, 3.05) is 31.6 Å². The van der Waals surface area contributed by atoms with Crippen LogP contribution < -0.4 is 4.90 Å². The van der Waals surface area contributed by atoms with Crippen molar-refractivity contribution in [3.05, 3.63) is 47.5 Å². The fourth-order valence-electron chi connectivity index (χ4n) is 6.70. The van der Waals surface area contributed by atoms with Crippen molar-refractivity contribution in [1.29, 1.82) is 0 Å². The van der Waals surface area contributed by atoms with Gasteiger partial charge in [0.1, 0.15) is 30.7 Å². The largest absolute Gasteiger partial charge is 0.444 e. The molecule has 2 bridgehead atoms. The molecule has 50 heavy (non-hydrogen) atoms. The van der Waals surface area contributed by atoms with Crippen LogP contribution in [0.2, 0.25) is 51.4 Å². The molecule has 2 saturated heterocycles. The zero-order valence-corrected chi connectivity index (χ0v) is 33.4. The minimum atomic E-state index is -1.30. The van der Waals surface area contributed by atoms with E-state index in [2.05, 4.69) is 50.2 Å². The van der Waals surface area contributed by atoms with Gasteiger partial charge in [0, 0.05) is 64.7 Å². The Bertz CT molecular complexity index is 1630. The first-order chi connectivity index (χ1) is 23.4. The van der Waals surface area contributed by atoms with Crippen molar-refractivity contribution in [3.63, 3.8) is 0 Å². The van der Waals surface area contributed by atoms with Crippen LogP contribution >= 0.6 is 0 Å². The summed E-state index contributed by atoms with van der Waals surface area (Å²) >= 11 is 0. The van der Waals surface area contributed by atoms with Crippen LogP contribution in [0.3, 0.4) is 0 Å². The first-order valence-electron chi connectivity index (χ1n) is 18.0. The molecule has 10 nitrogen and oxygen atoms in total. The molecule has 0 saturated carbocycles. The van der Waals surface area contributed by atoms with Gasteiger partial charge in [0.2, 0.25) is 0 Å². The molecule has 274 valence electrons. The van der Waals surface area contributed by atoms with Gasteiger partial charge in [-0.1, -0.05) is 45.3 Å². The van der Waals surface area contributed by atoms with Gasteiger partial charge in [-0.15, -0.1) is 0 Å². The average Bonchev–Trinajstić information content (AvgIpc) is 3.56. The second-order valence-corrected chi connectivity index (χ2v) is 28.6. The summed E-state index contributed by atoms with van der Waals surface area (Å²) in [5, 5.41) is 4.77. The van der Waals surface area contributed by atoms with E-state index in [0.29, 0.717) is 49.7 Å². The highest BCUT2D eigenvalue weighted by atomic mass is 28.3. The van der Waals surface area contributed by atoms with Crippen LogP contribution in [0.5, 0.6) is 0 Å². The Hall–Kier alpha value is -3.14. The predicted octanol–water partition coefficient (Wildman–Crippen LogP) is 8.42. The molecule has 2 unspecified atom stereocenters. The third kappa shape index (κ3) is 9.59. The molecule has 2 aliphatic heterocycles. The first kappa shape index (κ1) is 38.1. The zero-order valence-electron chi connectivity index (χ0n) is 31.4. The number of anilines is 1. The van der Waals surface area contributed by atoms with Gasteiger partial charge in [-0.3, -0.25) is 4.79 Å². The summed E-state index contributed by atoms with van der Waals surface area (Å²) in [5.74, 6) is 0.283. The smallest absolute Gasteiger partial charge is 0.410 e. The number of hydrogen-bond acceptors (Lipinski definition) is 8. The lowest BCUT2D eigenvalue weighted by atomic mass is 9.88. The maximum Gasteiger partial charge on any atom is 0.410 e. The number of aldehydes is 1. The van der Waals surface area contributed by atoms with Crippen LogP contribution in [0, 0.1) is 5.82 Å². The Morgan fingerprint density at radius 1 is 0.980 bits per heavy atom. The molecule has 2 aromatic heterocycles. The molecule has 5 rings (SSSR count). The number of aromatic nitrogens is 3. The van der Waals surface area contributed by atoms with E-state index in [-0.39, 0.29) is 29.7 Å². The summed E-state index contributed by atoms with van der Waals surface area (Å²) in [4.78, 5) is 33.8. The van der Waals surface area contributed by atoms with Gasteiger partial charge < -0.3 is 24.0 Å². The number of halogens is 1. The van der Waals surface area contributed by atoms with Gasteiger partial charge in [-0.25, -0.2) is 14.2 Å². The number of rotatable bonds is 14. The summed E-state index contributed by atoms with van der Waals surface area (Å²) in [7, 11) is -2.61. The Morgan fingerprint density at radius 3 is 2.10 bits per heavy atom. The maximum absolute atomic E-state index is 14.9. The van der Waals surface area contributed by atoms with Gasteiger partial charge in [-0.05, 0) is 76.2 Å². The summed E-state index contributed by atoms with van der Waals surface area (Å²) in [5.41, 5.74) is 2.18. The molecule has 0 aliphatic carbocycles. The van der Waals surface area contributed by atoms with E-state index in [1.54, 1.807) is 16.8 Å². The quantitative estimate of drug-likeness (QED) is 0.0707. The monoisotopic (exact) mass is 725 g/mol. The molecule has 1 aromatic carbocycles. The van der Waals surface area contributed by atoms with Crippen molar-refractivity contribution in [3.8, 4) is 11.1 Å². The lowest BCUT2D eigenvalue weighted by molar-refractivity contribution is 0.00568. The van der Waals surface area contributed by atoms with Crippen LogP contribution in [0.1, 0.15) is 68.4 Å². The van der Waals surface area contributed by atoms with Crippen LogP contribution in [0.25, 0.3) is 16.8 Å². The molecule has 0 spiro atoms. The molecule has 0 radical (unpaired) electrons. The van der Waals surface area contributed by atoms with Gasteiger partial charge in [0.25, 0.3) is 0 Å². The number of ether oxygens (including phenoxy) is 3. The molecule has 3 aromatic rings. The van der Waals surface area contributed by atoms with Gasteiger partial charge in [-0.2, -0.15) is 9.61 Å². The molecule has 2 atom stereocenters. The van der Waals surface area contributed by atoms with E-state index >= 15 is 0 Å². The van der Waals surface area contributed by atoms with E-state index in [1.165, 1.54) is 12.1 Å². The lowest BCUT2D eigenvalue weighted by Crippen LogP contribution is -2.48. The summed E-state index contributed by atoms with van der Waals surface area (Å²) < 4.78 is 35.1. The Balaban J connectivity index is 1.53. The maximum atomic E-state index is 14.9. The molecule has 2 fully saturated rings. The Morgan fingerprint density at radius 2 is 1.58 bits per heavy atom. The third-order valence-electron chi connectivity index (χ3n) is 9.48. The fourth-order valence-corrected chi connectivity index (χ4v) is 8.21. The van der Waals surface area contributed by atoms with Crippen LogP contribution in [0.4, 0.5) is 15.0 Å². The number of piperidine rings is 1. The highest BCUT2D eigenvalue weighted by molar-refractivity contribution is 6.76. The highest BCUT2D eigenvalue weighted by Gasteiger charge is 2.45. The molecular formula is C37H56FN5O5Si2. The molecule has 2 aliphatic rings. The first-order valence-corrected chi connectivity index (χ1v) is 25.4. The highest BCUT2D eigenvalue weighted by Crippen LogP contribution is 2.44. The van der Waals surface area contributed by atoms with E-state index in [1.807, 2.05) is 25.7 Å². The predicted molar refractivity (Wildman–Crippen MR) is 201 cm³/mol. The number of benzene rings is 1. The third-order valence-corrected chi connectivity index (χ3v) is 12.9. The lowest BCUT2D eigenvalue weighted by Gasteiger charge is -2.39. The number of carbonyl (C=O) groups is 2. The van der Waals surface area contributed by atoms with E-state index in [4.69, 9.17) is 24.3 Å². The molecule has 1 amide bonds. The van der Waals surface area contributed by atoms with Crippen LogP contribution in [-0.2, 0) is 14.2 Å². The molecular weight excluding hydrogens is 670 g/mol. The van der Waals surface area contributed by atoms with Crippen molar-refractivity contribution in [2.24, 2.45) is 0 Å². The number of nitrogens with zero attached hydrogens (tertiary/aromatic N) is 5. The summed E-state index contributed by atoms with van der Waals surface area (Å²) in [6.07, 6.45) is 5.37. The summed E-state index contributed by atoms with van der Waals surface area (Å²) in [6, 6.07) is 8.89. The molecule has 4 heterocycles. The van der Waals surface area contributed by atoms with Crippen molar-refractivity contribution in [2.45, 2.75) is 121 Å². The van der Waals surface area contributed by atoms with E-state index in [9.17, 15) is 14.0 Å². The molecule has 0 N–H and O–H groups in total. The van der Waals surface area contributed by atoms with Crippen LogP contribution in [0.15, 0.2) is 30.5 Å². The van der Waals surface area contributed by atoms with E-state index in [0.717, 1.165) is 49.3 Å². The SMILES string of the molecule is CC(C)(C)OC(=O)N1C2CCC1CC(c1cc(N(COCC[Si](C)(C)C)COCC[Si](C)(C)C)n3ncc(-c4ccc(C=O)c(F)c4)c3n1)C2. The number of amides is 1. The number of fused-ring (bicyclic) bond motifs is 3. The van der Waals surface area contributed by atoms with Gasteiger partial charge >= 0.3 is 6.09 Å². The summed E-state index contributed by atoms with van der Waals surface area (Å²) in [6.45, 7) is 21.7. The van der Waals surface area contributed by atoms with Crippen molar-refractivity contribution in [1.82, 2.24) is 19.5 Å². The zero-order chi connectivity index (χ0) is 36.4. The molecule has 13 heteroatoms. The number of hydrogen-bond donors (Lipinski definition) is 0.